The van der Waals surface area contributed by atoms with Gasteiger partial charge in [-0.2, -0.15) is 13.2 Å². The molecule has 1 saturated heterocycles. The summed E-state index contributed by atoms with van der Waals surface area (Å²) < 4.78 is 39.6. The van der Waals surface area contributed by atoms with Gasteiger partial charge in [-0.15, -0.1) is 24.8 Å². The van der Waals surface area contributed by atoms with Crippen LogP contribution in [-0.2, 0) is 0 Å². The van der Waals surface area contributed by atoms with Crippen molar-refractivity contribution < 1.29 is 18.0 Å². The van der Waals surface area contributed by atoms with Crippen LogP contribution in [-0.4, -0.2) is 60.7 Å². The first-order valence-corrected chi connectivity index (χ1v) is 7.11. The highest BCUT2D eigenvalue weighted by Gasteiger charge is 2.43. The van der Waals surface area contributed by atoms with Crippen LogP contribution in [0.5, 0.6) is 0 Å². The van der Waals surface area contributed by atoms with Crippen molar-refractivity contribution in [2.24, 2.45) is 0 Å². The monoisotopic (exact) mass is 388 g/mol. The molecule has 1 fully saturated rings. The number of nitrogens with one attached hydrogen (secondary N) is 2. The number of amides is 1. The molecular formula is C14H21Cl2F3N4O. The average Bonchev–Trinajstić information content (AvgIpc) is 2.47. The van der Waals surface area contributed by atoms with Gasteiger partial charge in [-0.05, 0) is 19.1 Å². The Kier molecular flexibility index (Phi) is 9.57. The zero-order chi connectivity index (χ0) is 16.2. The second-order valence-corrected chi connectivity index (χ2v) is 5.22. The Balaban J connectivity index is 0.00000264. The van der Waals surface area contributed by atoms with Gasteiger partial charge in [0.15, 0.2) is 0 Å². The van der Waals surface area contributed by atoms with Crippen LogP contribution in [0.2, 0.25) is 0 Å². The molecule has 0 radical (unpaired) electrons. The molecule has 2 rings (SSSR count). The highest BCUT2D eigenvalue weighted by Crippen LogP contribution is 2.24. The molecule has 1 aromatic rings. The van der Waals surface area contributed by atoms with E-state index in [2.05, 4.69) is 15.6 Å². The van der Waals surface area contributed by atoms with E-state index >= 15 is 0 Å². The van der Waals surface area contributed by atoms with Crippen LogP contribution in [0.1, 0.15) is 16.2 Å². The molecule has 0 aromatic carbocycles. The van der Waals surface area contributed by atoms with E-state index < -0.39 is 24.7 Å². The number of aryl methyl sites for hydroxylation is 1. The number of carbonyl (C=O) groups excluding carboxylic acids is 1. The van der Waals surface area contributed by atoms with Crippen LogP contribution >= 0.6 is 24.8 Å². The van der Waals surface area contributed by atoms with Crippen LogP contribution in [0.15, 0.2) is 18.2 Å². The van der Waals surface area contributed by atoms with Gasteiger partial charge in [-0.3, -0.25) is 9.69 Å². The number of piperazine rings is 1. The zero-order valence-electron chi connectivity index (χ0n) is 13.1. The Morgan fingerprint density at radius 1 is 1.33 bits per heavy atom. The zero-order valence-corrected chi connectivity index (χ0v) is 14.7. The predicted octanol–water partition coefficient (Wildman–Crippen LogP) is 1.80. The van der Waals surface area contributed by atoms with E-state index in [0.717, 1.165) is 0 Å². The third-order valence-corrected chi connectivity index (χ3v) is 3.55. The van der Waals surface area contributed by atoms with Crippen molar-refractivity contribution >= 4 is 30.7 Å². The molecule has 1 atom stereocenters. The number of pyridine rings is 1. The standard InChI is InChI=1S/C14H19F3N4O.2ClH/c1-10-3-2-4-11(20-10)13(22)19-9-12(14(15,16)17)21-7-5-18-6-8-21;;/h2-4,12,18H,5-9H2,1H3,(H,19,22);2*1H. The summed E-state index contributed by atoms with van der Waals surface area (Å²) in [6, 6.07) is 3.17. The van der Waals surface area contributed by atoms with Gasteiger partial charge in [-0.25, -0.2) is 4.98 Å². The maximum absolute atomic E-state index is 13.2. The second-order valence-electron chi connectivity index (χ2n) is 5.22. The smallest absolute Gasteiger partial charge is 0.349 e. The van der Waals surface area contributed by atoms with Gasteiger partial charge in [0.05, 0.1) is 0 Å². The third-order valence-electron chi connectivity index (χ3n) is 3.55. The molecule has 5 nitrogen and oxygen atoms in total. The largest absolute Gasteiger partial charge is 0.405 e. The number of rotatable bonds is 4. The minimum absolute atomic E-state index is 0. The van der Waals surface area contributed by atoms with E-state index in [9.17, 15) is 18.0 Å². The third kappa shape index (κ3) is 6.43. The van der Waals surface area contributed by atoms with Crippen molar-refractivity contribution in [3.8, 4) is 0 Å². The molecule has 2 N–H and O–H groups in total. The lowest BCUT2D eigenvalue weighted by atomic mass is 10.2. The molecule has 1 aliphatic heterocycles. The van der Waals surface area contributed by atoms with E-state index in [1.54, 1.807) is 19.1 Å². The first-order valence-electron chi connectivity index (χ1n) is 7.11. The fourth-order valence-electron chi connectivity index (χ4n) is 2.40. The van der Waals surface area contributed by atoms with Gasteiger partial charge in [0, 0.05) is 38.4 Å². The van der Waals surface area contributed by atoms with Gasteiger partial charge >= 0.3 is 6.18 Å². The SMILES string of the molecule is Cc1cccc(C(=O)NCC(N2CCNCC2)C(F)(F)F)n1.Cl.Cl. The lowest BCUT2D eigenvalue weighted by molar-refractivity contribution is -0.183. The Labute approximate surface area is 151 Å². The molecule has 2 heterocycles. The van der Waals surface area contributed by atoms with E-state index in [4.69, 9.17) is 0 Å². The lowest BCUT2D eigenvalue weighted by Crippen LogP contribution is -2.57. The number of halogens is 5. The fourth-order valence-corrected chi connectivity index (χ4v) is 2.40. The van der Waals surface area contributed by atoms with Crippen molar-refractivity contribution in [1.82, 2.24) is 20.5 Å². The summed E-state index contributed by atoms with van der Waals surface area (Å²) in [6.45, 7) is 2.89. The van der Waals surface area contributed by atoms with Gasteiger partial charge in [0.2, 0.25) is 0 Å². The van der Waals surface area contributed by atoms with Gasteiger partial charge < -0.3 is 10.6 Å². The first-order chi connectivity index (χ1) is 10.4. The summed E-state index contributed by atoms with van der Waals surface area (Å²) >= 11 is 0. The maximum Gasteiger partial charge on any atom is 0.405 e. The average molecular weight is 389 g/mol. The topological polar surface area (TPSA) is 57.3 Å². The Hall–Kier alpha value is -1.09. The van der Waals surface area contributed by atoms with Crippen LogP contribution in [0.25, 0.3) is 0 Å². The molecule has 24 heavy (non-hydrogen) atoms. The number of nitrogens with zero attached hydrogens (tertiary/aromatic N) is 2. The Bertz CT molecular complexity index is 525. The summed E-state index contributed by atoms with van der Waals surface area (Å²) in [5.41, 5.74) is 0.767. The maximum atomic E-state index is 13.2. The van der Waals surface area contributed by atoms with E-state index in [1.807, 2.05) is 0 Å². The Morgan fingerprint density at radius 3 is 2.50 bits per heavy atom. The van der Waals surface area contributed by atoms with Crippen molar-refractivity contribution in [2.75, 3.05) is 32.7 Å². The fraction of sp³-hybridized carbons (Fsp3) is 0.571. The molecule has 1 amide bonds. The van der Waals surface area contributed by atoms with Crippen molar-refractivity contribution in [3.05, 3.63) is 29.6 Å². The van der Waals surface area contributed by atoms with Gasteiger partial charge in [-0.1, -0.05) is 6.07 Å². The van der Waals surface area contributed by atoms with Crippen LogP contribution in [0.3, 0.4) is 0 Å². The summed E-state index contributed by atoms with van der Waals surface area (Å²) in [7, 11) is 0. The summed E-state index contributed by atoms with van der Waals surface area (Å²) in [6.07, 6.45) is -4.38. The highest BCUT2D eigenvalue weighted by molar-refractivity contribution is 5.92. The molecule has 0 aliphatic carbocycles. The van der Waals surface area contributed by atoms with Crippen molar-refractivity contribution in [3.63, 3.8) is 0 Å². The summed E-state index contributed by atoms with van der Waals surface area (Å²) in [5.74, 6) is -0.590. The molecule has 1 aromatic heterocycles. The number of hydrogen-bond donors (Lipinski definition) is 2. The minimum atomic E-state index is -4.38. The second kappa shape index (κ2) is 10.0. The Morgan fingerprint density at radius 2 is 1.96 bits per heavy atom. The van der Waals surface area contributed by atoms with Crippen molar-refractivity contribution in [1.29, 1.82) is 0 Å². The van der Waals surface area contributed by atoms with E-state index in [0.29, 0.717) is 31.9 Å². The van der Waals surface area contributed by atoms with Crippen LogP contribution in [0.4, 0.5) is 13.2 Å². The number of hydrogen-bond acceptors (Lipinski definition) is 4. The van der Waals surface area contributed by atoms with Crippen molar-refractivity contribution in [2.45, 2.75) is 19.1 Å². The molecule has 0 saturated carbocycles. The predicted molar refractivity (Wildman–Crippen MR) is 90.1 cm³/mol. The summed E-state index contributed by atoms with van der Waals surface area (Å²) in [4.78, 5) is 17.3. The molecule has 1 unspecified atom stereocenters. The first kappa shape index (κ1) is 22.9. The highest BCUT2D eigenvalue weighted by atomic mass is 35.5. The molecule has 0 bridgehead atoms. The van der Waals surface area contributed by atoms with Crippen LogP contribution in [0, 0.1) is 6.92 Å². The number of carbonyl (C=O) groups is 1. The molecular weight excluding hydrogens is 368 g/mol. The van der Waals surface area contributed by atoms with Gasteiger partial charge in [0.25, 0.3) is 5.91 Å². The summed E-state index contributed by atoms with van der Waals surface area (Å²) in [5, 5.41) is 5.36. The van der Waals surface area contributed by atoms with E-state index in [-0.39, 0.29) is 30.5 Å². The molecule has 0 spiro atoms. The lowest BCUT2D eigenvalue weighted by Gasteiger charge is -2.35. The molecule has 1 aliphatic rings. The molecule has 138 valence electrons. The number of alkyl halides is 3. The van der Waals surface area contributed by atoms with Crippen LogP contribution < -0.4 is 10.6 Å². The van der Waals surface area contributed by atoms with E-state index in [1.165, 1.54) is 11.0 Å². The minimum Gasteiger partial charge on any atom is -0.349 e. The number of aromatic nitrogens is 1. The van der Waals surface area contributed by atoms with Gasteiger partial charge in [0.1, 0.15) is 11.7 Å². The molecule has 10 heteroatoms. The quantitative estimate of drug-likeness (QED) is 0.825. The normalized spacial score (nSPS) is 16.5.